The Morgan fingerprint density at radius 3 is 2.36 bits per heavy atom. The molecule has 2 rings (SSSR count). The average Bonchev–Trinajstić information content (AvgIpc) is 1.81. The Bertz CT molecular complexity index is 159. The maximum atomic E-state index is 5.95. The molecule has 64 valence electrons. The lowest BCUT2D eigenvalue weighted by atomic mass is 9.59. The van der Waals surface area contributed by atoms with Crippen LogP contribution in [0.25, 0.3) is 0 Å². The SMILES string of the molecule is CC(C)N1CC2(CCC2N)C1. The van der Waals surface area contributed by atoms with Crippen LogP contribution in [0.15, 0.2) is 0 Å². The van der Waals surface area contributed by atoms with Crippen LogP contribution in [0.3, 0.4) is 0 Å². The summed E-state index contributed by atoms with van der Waals surface area (Å²) in [6.45, 7) is 7.03. The molecule has 1 saturated heterocycles. The highest BCUT2D eigenvalue weighted by molar-refractivity contribution is 5.08. The fraction of sp³-hybridized carbons (Fsp3) is 1.00. The van der Waals surface area contributed by atoms with Crippen LogP contribution in [-0.4, -0.2) is 30.1 Å². The van der Waals surface area contributed by atoms with Gasteiger partial charge in [0.25, 0.3) is 0 Å². The Hall–Kier alpha value is -0.0800. The second kappa shape index (κ2) is 2.20. The molecular formula is C9H18N2. The third-order valence-electron chi connectivity index (χ3n) is 3.51. The molecule has 1 aliphatic heterocycles. The van der Waals surface area contributed by atoms with Crippen LogP contribution in [0.2, 0.25) is 0 Å². The van der Waals surface area contributed by atoms with Crippen LogP contribution in [-0.2, 0) is 0 Å². The fourth-order valence-electron chi connectivity index (χ4n) is 2.24. The number of nitrogens with two attached hydrogens (primary N) is 1. The molecule has 2 fully saturated rings. The van der Waals surface area contributed by atoms with Crippen molar-refractivity contribution in [2.45, 2.75) is 38.8 Å². The van der Waals surface area contributed by atoms with E-state index in [4.69, 9.17) is 5.73 Å². The van der Waals surface area contributed by atoms with Gasteiger partial charge in [-0.2, -0.15) is 0 Å². The first-order valence-corrected chi connectivity index (χ1v) is 4.64. The molecule has 11 heavy (non-hydrogen) atoms. The average molecular weight is 154 g/mol. The summed E-state index contributed by atoms with van der Waals surface area (Å²) < 4.78 is 0. The molecule has 0 aromatic rings. The van der Waals surface area contributed by atoms with E-state index in [0.29, 0.717) is 17.5 Å². The smallest absolute Gasteiger partial charge is 0.0120 e. The minimum Gasteiger partial charge on any atom is -0.327 e. The number of nitrogens with zero attached hydrogens (tertiary/aromatic N) is 1. The second-order valence-electron chi connectivity index (χ2n) is 4.51. The zero-order valence-corrected chi connectivity index (χ0v) is 7.51. The molecule has 2 N–H and O–H groups in total. The van der Waals surface area contributed by atoms with Gasteiger partial charge in [-0.15, -0.1) is 0 Å². The van der Waals surface area contributed by atoms with Gasteiger partial charge in [0, 0.05) is 30.6 Å². The molecule has 1 unspecified atom stereocenters. The van der Waals surface area contributed by atoms with Crippen molar-refractivity contribution >= 4 is 0 Å². The third kappa shape index (κ3) is 0.926. The molecule has 1 saturated carbocycles. The van der Waals surface area contributed by atoms with E-state index in [9.17, 15) is 0 Å². The number of hydrogen-bond acceptors (Lipinski definition) is 2. The highest BCUT2D eigenvalue weighted by atomic mass is 15.2. The van der Waals surface area contributed by atoms with E-state index in [0.717, 1.165) is 0 Å². The van der Waals surface area contributed by atoms with Crippen molar-refractivity contribution in [1.29, 1.82) is 0 Å². The summed E-state index contributed by atoms with van der Waals surface area (Å²) in [6.07, 6.45) is 2.63. The highest BCUT2D eigenvalue weighted by Gasteiger charge is 2.53. The molecule has 1 spiro atoms. The largest absolute Gasteiger partial charge is 0.327 e. The van der Waals surface area contributed by atoms with Crippen LogP contribution in [0.5, 0.6) is 0 Å². The second-order valence-corrected chi connectivity index (χ2v) is 4.51. The van der Waals surface area contributed by atoms with Crippen molar-refractivity contribution in [2.24, 2.45) is 11.1 Å². The minimum absolute atomic E-state index is 0.512. The summed E-state index contributed by atoms with van der Waals surface area (Å²) in [6, 6.07) is 1.23. The molecule has 0 aromatic heterocycles. The van der Waals surface area contributed by atoms with Gasteiger partial charge in [0.15, 0.2) is 0 Å². The molecule has 1 atom stereocenters. The third-order valence-corrected chi connectivity index (χ3v) is 3.51. The predicted molar refractivity (Wildman–Crippen MR) is 46.4 cm³/mol. The van der Waals surface area contributed by atoms with E-state index in [2.05, 4.69) is 18.7 Å². The van der Waals surface area contributed by atoms with Crippen molar-refractivity contribution in [2.75, 3.05) is 13.1 Å². The van der Waals surface area contributed by atoms with Crippen LogP contribution in [0.1, 0.15) is 26.7 Å². The summed E-state index contributed by atoms with van der Waals surface area (Å²) in [5, 5.41) is 0. The summed E-state index contributed by atoms with van der Waals surface area (Å²) in [5.74, 6) is 0. The minimum atomic E-state index is 0.512. The first-order chi connectivity index (χ1) is 5.14. The van der Waals surface area contributed by atoms with E-state index in [-0.39, 0.29) is 0 Å². The van der Waals surface area contributed by atoms with Gasteiger partial charge in [-0.1, -0.05) is 0 Å². The Morgan fingerprint density at radius 1 is 1.45 bits per heavy atom. The fourth-order valence-corrected chi connectivity index (χ4v) is 2.24. The Morgan fingerprint density at radius 2 is 2.09 bits per heavy atom. The molecule has 0 aromatic carbocycles. The molecule has 2 aliphatic rings. The van der Waals surface area contributed by atoms with Gasteiger partial charge in [0.05, 0.1) is 0 Å². The van der Waals surface area contributed by atoms with E-state index in [1.807, 2.05) is 0 Å². The molecule has 0 amide bonds. The first kappa shape index (κ1) is 7.56. The summed E-state index contributed by atoms with van der Waals surface area (Å²) >= 11 is 0. The van der Waals surface area contributed by atoms with E-state index in [1.165, 1.54) is 25.9 Å². The lowest BCUT2D eigenvalue weighted by Crippen LogP contribution is -2.70. The Balaban J connectivity index is 1.87. The summed E-state index contributed by atoms with van der Waals surface area (Å²) in [4.78, 5) is 2.51. The maximum Gasteiger partial charge on any atom is 0.0120 e. The van der Waals surface area contributed by atoms with Crippen molar-refractivity contribution in [3.8, 4) is 0 Å². The molecule has 2 nitrogen and oxygen atoms in total. The van der Waals surface area contributed by atoms with Gasteiger partial charge in [-0.25, -0.2) is 0 Å². The normalized spacial score (nSPS) is 35.5. The van der Waals surface area contributed by atoms with Crippen LogP contribution in [0, 0.1) is 5.41 Å². The predicted octanol–water partition coefficient (Wildman–Crippen LogP) is 0.818. The van der Waals surface area contributed by atoms with Crippen LogP contribution < -0.4 is 5.73 Å². The summed E-state index contributed by atoms with van der Waals surface area (Å²) in [5.41, 5.74) is 6.51. The van der Waals surface area contributed by atoms with Crippen molar-refractivity contribution in [3.05, 3.63) is 0 Å². The van der Waals surface area contributed by atoms with E-state index < -0.39 is 0 Å². The molecule has 1 aliphatic carbocycles. The molecular weight excluding hydrogens is 136 g/mol. The van der Waals surface area contributed by atoms with Gasteiger partial charge in [-0.05, 0) is 26.7 Å². The van der Waals surface area contributed by atoms with Crippen LogP contribution in [0.4, 0.5) is 0 Å². The topological polar surface area (TPSA) is 29.3 Å². The van der Waals surface area contributed by atoms with Gasteiger partial charge in [0.1, 0.15) is 0 Å². The molecule has 1 heterocycles. The lowest BCUT2D eigenvalue weighted by molar-refractivity contribution is -0.0921. The van der Waals surface area contributed by atoms with E-state index >= 15 is 0 Å². The van der Waals surface area contributed by atoms with Crippen molar-refractivity contribution < 1.29 is 0 Å². The summed E-state index contributed by atoms with van der Waals surface area (Å²) in [7, 11) is 0. The van der Waals surface area contributed by atoms with Crippen LogP contribution >= 0.6 is 0 Å². The molecule has 2 heteroatoms. The van der Waals surface area contributed by atoms with E-state index in [1.54, 1.807) is 0 Å². The van der Waals surface area contributed by atoms with Gasteiger partial charge >= 0.3 is 0 Å². The monoisotopic (exact) mass is 154 g/mol. The highest BCUT2D eigenvalue weighted by Crippen LogP contribution is 2.47. The standard InChI is InChI=1S/C9H18N2/c1-7(2)11-5-9(6-11)4-3-8(9)10/h7-8H,3-6,10H2,1-2H3. The molecule has 0 radical (unpaired) electrons. The van der Waals surface area contributed by atoms with Crippen molar-refractivity contribution in [3.63, 3.8) is 0 Å². The van der Waals surface area contributed by atoms with Gasteiger partial charge in [-0.3, -0.25) is 4.90 Å². The zero-order chi connectivity index (χ0) is 8.06. The Kier molecular flexibility index (Phi) is 1.52. The Labute approximate surface area is 68.7 Å². The zero-order valence-electron chi connectivity index (χ0n) is 7.51. The van der Waals surface area contributed by atoms with Gasteiger partial charge in [0.2, 0.25) is 0 Å². The molecule has 0 bridgehead atoms. The number of likely N-dealkylation sites (tertiary alicyclic amines) is 1. The first-order valence-electron chi connectivity index (χ1n) is 4.64. The maximum absolute atomic E-state index is 5.95. The quantitative estimate of drug-likeness (QED) is 0.606. The number of hydrogen-bond donors (Lipinski definition) is 1. The lowest BCUT2D eigenvalue weighted by Gasteiger charge is -2.61. The number of rotatable bonds is 1. The van der Waals surface area contributed by atoms with Gasteiger partial charge < -0.3 is 5.73 Å². The van der Waals surface area contributed by atoms with Crippen molar-refractivity contribution in [1.82, 2.24) is 4.90 Å².